The second-order valence-corrected chi connectivity index (χ2v) is 8.40. The molecule has 3 aromatic rings. The lowest BCUT2D eigenvalue weighted by Gasteiger charge is -2.26. The number of ether oxygens (including phenoxy) is 2. The molecule has 34 heavy (non-hydrogen) atoms. The zero-order valence-corrected chi connectivity index (χ0v) is 19.2. The van der Waals surface area contributed by atoms with Crippen LogP contribution < -0.4 is 0 Å². The summed E-state index contributed by atoms with van der Waals surface area (Å²) in [6.07, 6.45) is 0.528. The zero-order chi connectivity index (χ0) is 23.6. The standard InChI is InChI=1S/C28H30N2O4/c31-27(30-22-33-21-26(30)18-23-10-4-1-5-11-23)16-17-29(19-24-12-6-2-7-13-24)28(32)34-20-25-14-8-3-9-15-25/h1-15,26H,16-22H2/t26-/m0/s1. The average Bonchev–Trinajstić information content (AvgIpc) is 3.35. The van der Waals surface area contributed by atoms with Gasteiger partial charge in [0.05, 0.1) is 12.6 Å². The van der Waals surface area contributed by atoms with Crippen molar-refractivity contribution in [2.45, 2.75) is 32.0 Å². The summed E-state index contributed by atoms with van der Waals surface area (Å²) in [5.74, 6) is -0.0210. The van der Waals surface area contributed by atoms with Gasteiger partial charge in [-0.25, -0.2) is 4.79 Å². The maximum atomic E-state index is 13.1. The van der Waals surface area contributed by atoms with Crippen molar-refractivity contribution >= 4 is 12.0 Å². The summed E-state index contributed by atoms with van der Waals surface area (Å²) in [5, 5.41) is 0. The normalized spacial score (nSPS) is 15.2. The first-order valence-corrected chi connectivity index (χ1v) is 11.6. The molecule has 3 aromatic carbocycles. The van der Waals surface area contributed by atoms with Gasteiger partial charge in [0.1, 0.15) is 13.3 Å². The molecule has 0 radical (unpaired) electrons. The van der Waals surface area contributed by atoms with Crippen LogP contribution in [0.15, 0.2) is 91.0 Å². The quantitative estimate of drug-likeness (QED) is 0.469. The van der Waals surface area contributed by atoms with E-state index in [0.717, 1.165) is 17.5 Å². The van der Waals surface area contributed by atoms with Crippen LogP contribution in [0, 0.1) is 0 Å². The van der Waals surface area contributed by atoms with Gasteiger partial charge in [0.25, 0.3) is 0 Å². The first-order chi connectivity index (χ1) is 16.7. The van der Waals surface area contributed by atoms with Crippen LogP contribution in [0.25, 0.3) is 0 Å². The smallest absolute Gasteiger partial charge is 0.410 e. The fourth-order valence-electron chi connectivity index (χ4n) is 4.04. The second kappa shape index (κ2) is 12.0. The molecule has 6 heteroatoms. The molecule has 2 amide bonds. The van der Waals surface area contributed by atoms with Crippen LogP contribution in [0.1, 0.15) is 23.1 Å². The third-order valence-electron chi connectivity index (χ3n) is 5.89. The topological polar surface area (TPSA) is 59.1 Å². The number of benzene rings is 3. The van der Waals surface area contributed by atoms with E-state index in [2.05, 4.69) is 12.1 Å². The Morgan fingerprint density at radius 2 is 1.44 bits per heavy atom. The zero-order valence-electron chi connectivity index (χ0n) is 19.2. The molecular formula is C28H30N2O4. The summed E-state index contributed by atoms with van der Waals surface area (Å²) in [5.41, 5.74) is 3.08. The lowest BCUT2D eigenvalue weighted by atomic mass is 10.1. The molecule has 0 saturated carbocycles. The van der Waals surface area contributed by atoms with Gasteiger partial charge in [0.2, 0.25) is 5.91 Å². The van der Waals surface area contributed by atoms with Crippen molar-refractivity contribution in [2.75, 3.05) is 19.9 Å². The average molecular weight is 459 g/mol. The van der Waals surface area contributed by atoms with Crippen LogP contribution in [-0.2, 0) is 33.8 Å². The Morgan fingerprint density at radius 3 is 2.09 bits per heavy atom. The van der Waals surface area contributed by atoms with Gasteiger partial charge in [-0.3, -0.25) is 4.79 Å². The fourth-order valence-corrected chi connectivity index (χ4v) is 4.04. The van der Waals surface area contributed by atoms with E-state index in [1.807, 2.05) is 78.9 Å². The van der Waals surface area contributed by atoms with Crippen LogP contribution in [0.2, 0.25) is 0 Å². The lowest BCUT2D eigenvalue weighted by molar-refractivity contribution is -0.133. The van der Waals surface area contributed by atoms with Crippen LogP contribution in [0.5, 0.6) is 0 Å². The minimum absolute atomic E-state index is 0.00232. The summed E-state index contributed by atoms with van der Waals surface area (Å²) in [7, 11) is 0. The molecule has 1 heterocycles. The summed E-state index contributed by atoms with van der Waals surface area (Å²) >= 11 is 0. The van der Waals surface area contributed by atoms with E-state index in [0.29, 0.717) is 13.2 Å². The van der Waals surface area contributed by atoms with E-state index in [4.69, 9.17) is 9.47 Å². The molecule has 0 spiro atoms. The lowest BCUT2D eigenvalue weighted by Crippen LogP contribution is -2.40. The van der Waals surface area contributed by atoms with Crippen LogP contribution >= 0.6 is 0 Å². The van der Waals surface area contributed by atoms with Gasteiger partial charge in [-0.15, -0.1) is 0 Å². The summed E-state index contributed by atoms with van der Waals surface area (Å²) in [6, 6.07) is 29.4. The van der Waals surface area contributed by atoms with Crippen molar-refractivity contribution in [1.82, 2.24) is 9.80 Å². The van der Waals surface area contributed by atoms with Gasteiger partial charge in [-0.05, 0) is 23.1 Å². The summed E-state index contributed by atoms with van der Waals surface area (Å²) in [6.45, 7) is 1.65. The number of amides is 2. The van der Waals surface area contributed by atoms with Gasteiger partial charge in [0, 0.05) is 19.5 Å². The van der Waals surface area contributed by atoms with E-state index >= 15 is 0 Å². The van der Waals surface area contributed by atoms with Crippen LogP contribution in [-0.4, -0.2) is 47.7 Å². The van der Waals surface area contributed by atoms with Crippen molar-refractivity contribution in [3.8, 4) is 0 Å². The molecule has 0 bridgehead atoms. The number of nitrogens with zero attached hydrogens (tertiary/aromatic N) is 2. The third kappa shape index (κ3) is 6.68. The van der Waals surface area contributed by atoms with Crippen LogP contribution in [0.4, 0.5) is 4.79 Å². The molecule has 0 N–H and O–H groups in total. The second-order valence-electron chi connectivity index (χ2n) is 8.40. The molecule has 6 nitrogen and oxygen atoms in total. The van der Waals surface area contributed by atoms with Crippen molar-refractivity contribution < 1.29 is 19.1 Å². The van der Waals surface area contributed by atoms with E-state index in [9.17, 15) is 9.59 Å². The summed E-state index contributed by atoms with van der Waals surface area (Å²) in [4.78, 5) is 29.4. The number of carbonyl (C=O) groups excluding carboxylic acids is 2. The Kier molecular flexibility index (Phi) is 8.30. The van der Waals surface area contributed by atoms with Gasteiger partial charge >= 0.3 is 6.09 Å². The maximum absolute atomic E-state index is 13.1. The Morgan fingerprint density at radius 1 is 0.853 bits per heavy atom. The third-order valence-corrected chi connectivity index (χ3v) is 5.89. The predicted octanol–water partition coefficient (Wildman–Crippen LogP) is 4.64. The highest BCUT2D eigenvalue weighted by molar-refractivity contribution is 5.77. The maximum Gasteiger partial charge on any atom is 0.410 e. The Balaban J connectivity index is 1.36. The first-order valence-electron chi connectivity index (χ1n) is 11.6. The van der Waals surface area contributed by atoms with E-state index in [-0.39, 0.29) is 38.3 Å². The highest BCUT2D eigenvalue weighted by Gasteiger charge is 2.30. The molecular weight excluding hydrogens is 428 g/mol. The minimum Gasteiger partial charge on any atom is -0.445 e. The number of rotatable bonds is 9. The fraction of sp³-hybridized carbons (Fsp3) is 0.286. The van der Waals surface area contributed by atoms with Crippen molar-refractivity contribution in [3.63, 3.8) is 0 Å². The Labute approximate surface area is 200 Å². The molecule has 1 fully saturated rings. The molecule has 176 valence electrons. The first kappa shape index (κ1) is 23.5. The molecule has 1 saturated heterocycles. The molecule has 1 aliphatic heterocycles. The van der Waals surface area contributed by atoms with Gasteiger partial charge in [0.15, 0.2) is 0 Å². The summed E-state index contributed by atoms with van der Waals surface area (Å²) < 4.78 is 11.2. The van der Waals surface area contributed by atoms with Crippen molar-refractivity contribution in [3.05, 3.63) is 108 Å². The predicted molar refractivity (Wildman–Crippen MR) is 130 cm³/mol. The molecule has 0 aliphatic carbocycles. The van der Waals surface area contributed by atoms with E-state index < -0.39 is 6.09 Å². The molecule has 0 aromatic heterocycles. The van der Waals surface area contributed by atoms with Crippen molar-refractivity contribution in [1.29, 1.82) is 0 Å². The van der Waals surface area contributed by atoms with E-state index in [1.165, 1.54) is 5.56 Å². The number of hydrogen-bond acceptors (Lipinski definition) is 4. The number of carbonyl (C=O) groups is 2. The van der Waals surface area contributed by atoms with E-state index in [1.54, 1.807) is 9.80 Å². The van der Waals surface area contributed by atoms with Gasteiger partial charge in [-0.2, -0.15) is 0 Å². The Bertz CT molecular complexity index is 1040. The highest BCUT2D eigenvalue weighted by Crippen LogP contribution is 2.17. The molecule has 0 unspecified atom stereocenters. The molecule has 1 aliphatic rings. The highest BCUT2D eigenvalue weighted by atomic mass is 16.6. The minimum atomic E-state index is -0.431. The number of hydrogen-bond donors (Lipinski definition) is 0. The van der Waals surface area contributed by atoms with Gasteiger partial charge < -0.3 is 19.3 Å². The van der Waals surface area contributed by atoms with Gasteiger partial charge in [-0.1, -0.05) is 91.0 Å². The SMILES string of the molecule is O=C(OCc1ccccc1)N(CCC(=O)N1COC[C@@H]1Cc1ccccc1)Cc1ccccc1. The Hall–Kier alpha value is -3.64. The monoisotopic (exact) mass is 458 g/mol. The molecule has 4 rings (SSSR count). The largest absolute Gasteiger partial charge is 0.445 e. The molecule has 1 atom stereocenters. The van der Waals surface area contributed by atoms with Crippen molar-refractivity contribution in [2.24, 2.45) is 0 Å². The van der Waals surface area contributed by atoms with Crippen LogP contribution in [0.3, 0.4) is 0 Å².